The molecule has 0 aromatic carbocycles. The second-order valence-electron chi connectivity index (χ2n) is 22.5. The Labute approximate surface area is 491 Å². The zero-order valence-corrected chi connectivity index (χ0v) is 51.3. The number of carbonyl (C=O) groups is 1. The number of carbonyl (C=O) groups excluding carboxylic acids is 1. The van der Waals surface area contributed by atoms with E-state index in [1.807, 2.05) is 6.08 Å². The van der Waals surface area contributed by atoms with Gasteiger partial charge in [0, 0.05) is 6.42 Å². The highest BCUT2D eigenvalue weighted by molar-refractivity contribution is 5.76. The minimum absolute atomic E-state index is 0.190. The van der Waals surface area contributed by atoms with Crippen molar-refractivity contribution >= 4 is 5.91 Å². The van der Waals surface area contributed by atoms with Crippen LogP contribution in [0.15, 0.2) is 109 Å². The lowest BCUT2D eigenvalue weighted by molar-refractivity contribution is -0.302. The molecule has 7 unspecified atom stereocenters. The maximum absolute atomic E-state index is 13.1. The van der Waals surface area contributed by atoms with E-state index in [0.717, 1.165) is 83.5 Å². The summed E-state index contributed by atoms with van der Waals surface area (Å²) in [7, 11) is 0. The molecule has 0 aliphatic carbocycles. The van der Waals surface area contributed by atoms with Crippen molar-refractivity contribution in [3.8, 4) is 0 Å². The monoisotopic (exact) mass is 1120 g/mol. The first kappa shape index (κ1) is 74.9. The summed E-state index contributed by atoms with van der Waals surface area (Å²) in [5, 5.41) is 54.7. The maximum Gasteiger partial charge on any atom is 0.220 e. The topological polar surface area (TPSA) is 149 Å². The lowest BCUT2D eigenvalue weighted by Crippen LogP contribution is -2.60. The molecule has 7 atom stereocenters. The molecule has 1 aliphatic rings. The Morgan fingerprint density at radius 2 is 0.787 bits per heavy atom. The Morgan fingerprint density at radius 1 is 0.438 bits per heavy atom. The Hall–Kier alpha value is -3.15. The molecule has 1 rings (SSSR count). The van der Waals surface area contributed by atoms with Gasteiger partial charge < -0.3 is 40.3 Å². The number of hydrogen-bond donors (Lipinski definition) is 6. The Balaban J connectivity index is 2.17. The SMILES string of the molecule is CC/C=C\C/C=C\C/C=C\C/C=C\C/C=C\C/C=C\C/C=C\CCCCCCCCCCCCCCCC(=O)NC(COC1OC(CO)C(O)C(O)C1O)C(O)/C=C/CC/C=C/CCCCCCCCCCCCCCCCCC. The largest absolute Gasteiger partial charge is 0.394 e. The van der Waals surface area contributed by atoms with Crippen molar-refractivity contribution in [1.29, 1.82) is 0 Å². The fraction of sp³-hybridized carbons (Fsp3) is 0.732. The van der Waals surface area contributed by atoms with Gasteiger partial charge >= 0.3 is 0 Å². The van der Waals surface area contributed by atoms with Crippen LogP contribution in [0, 0.1) is 0 Å². The van der Waals surface area contributed by atoms with Crippen LogP contribution in [0.3, 0.4) is 0 Å². The summed E-state index contributed by atoms with van der Waals surface area (Å²) in [6.07, 6.45) is 80.3. The average molecular weight is 1120 g/mol. The van der Waals surface area contributed by atoms with E-state index < -0.39 is 49.5 Å². The molecule has 6 N–H and O–H groups in total. The zero-order valence-electron chi connectivity index (χ0n) is 51.3. The summed E-state index contributed by atoms with van der Waals surface area (Å²) < 4.78 is 11.3. The summed E-state index contributed by atoms with van der Waals surface area (Å²) in [6.45, 7) is 3.67. The second-order valence-corrected chi connectivity index (χ2v) is 22.5. The van der Waals surface area contributed by atoms with Gasteiger partial charge in [-0.1, -0.05) is 290 Å². The third-order valence-corrected chi connectivity index (χ3v) is 15.1. The smallest absolute Gasteiger partial charge is 0.220 e. The van der Waals surface area contributed by atoms with Gasteiger partial charge in [-0.05, 0) is 89.9 Å². The van der Waals surface area contributed by atoms with Crippen LogP contribution in [0.25, 0.3) is 0 Å². The van der Waals surface area contributed by atoms with Crippen LogP contribution in [0.4, 0.5) is 0 Å². The first-order valence-corrected chi connectivity index (χ1v) is 33.1. The normalized spacial score (nSPS) is 19.2. The first-order valence-electron chi connectivity index (χ1n) is 33.1. The number of unbranched alkanes of at least 4 members (excludes halogenated alkanes) is 30. The van der Waals surface area contributed by atoms with E-state index in [4.69, 9.17) is 9.47 Å². The summed E-state index contributed by atoms with van der Waals surface area (Å²) in [5.74, 6) is -0.190. The van der Waals surface area contributed by atoms with Crippen LogP contribution in [0.2, 0.25) is 0 Å². The number of rotatable bonds is 56. The Bertz CT molecular complexity index is 1630. The van der Waals surface area contributed by atoms with Crippen molar-refractivity contribution in [3.05, 3.63) is 109 Å². The molecule has 0 bridgehead atoms. The van der Waals surface area contributed by atoms with E-state index in [1.165, 1.54) is 173 Å². The second kappa shape index (κ2) is 59.0. The van der Waals surface area contributed by atoms with E-state index >= 15 is 0 Å². The molecule has 9 heteroatoms. The molecular weight excluding hydrogens is 995 g/mol. The lowest BCUT2D eigenvalue weighted by atomic mass is 9.99. The van der Waals surface area contributed by atoms with Crippen molar-refractivity contribution in [3.63, 3.8) is 0 Å². The van der Waals surface area contributed by atoms with E-state index in [9.17, 15) is 30.3 Å². The number of aliphatic hydroxyl groups is 5. The molecule has 0 aromatic rings. The van der Waals surface area contributed by atoms with E-state index in [2.05, 4.69) is 116 Å². The van der Waals surface area contributed by atoms with E-state index in [1.54, 1.807) is 6.08 Å². The van der Waals surface area contributed by atoms with Crippen molar-refractivity contribution in [2.24, 2.45) is 0 Å². The lowest BCUT2D eigenvalue weighted by Gasteiger charge is -2.40. The molecular formula is C71H123NO8. The van der Waals surface area contributed by atoms with Crippen LogP contribution < -0.4 is 5.32 Å². The van der Waals surface area contributed by atoms with Crippen LogP contribution in [0.1, 0.15) is 277 Å². The van der Waals surface area contributed by atoms with E-state index in [0.29, 0.717) is 6.42 Å². The molecule has 1 aliphatic heterocycles. The van der Waals surface area contributed by atoms with E-state index in [-0.39, 0.29) is 12.5 Å². The molecule has 1 amide bonds. The predicted octanol–water partition coefficient (Wildman–Crippen LogP) is 17.7. The Morgan fingerprint density at radius 3 is 1.20 bits per heavy atom. The zero-order chi connectivity index (χ0) is 57.9. The summed E-state index contributed by atoms with van der Waals surface area (Å²) >= 11 is 0. The van der Waals surface area contributed by atoms with Gasteiger partial charge in [0.15, 0.2) is 6.29 Å². The van der Waals surface area contributed by atoms with Gasteiger partial charge in [-0.25, -0.2) is 0 Å². The fourth-order valence-electron chi connectivity index (χ4n) is 9.92. The molecule has 1 saturated heterocycles. The van der Waals surface area contributed by atoms with Crippen LogP contribution in [-0.4, -0.2) is 87.5 Å². The highest BCUT2D eigenvalue weighted by Gasteiger charge is 2.44. The number of allylic oxidation sites excluding steroid dienone is 17. The van der Waals surface area contributed by atoms with Gasteiger partial charge in [0.1, 0.15) is 24.4 Å². The molecule has 1 heterocycles. The summed E-state index contributed by atoms with van der Waals surface area (Å²) in [5.41, 5.74) is 0. The summed E-state index contributed by atoms with van der Waals surface area (Å²) in [4.78, 5) is 13.1. The van der Waals surface area contributed by atoms with Crippen molar-refractivity contribution < 1.29 is 39.8 Å². The van der Waals surface area contributed by atoms with Crippen molar-refractivity contribution in [2.75, 3.05) is 13.2 Å². The molecule has 1 fully saturated rings. The van der Waals surface area contributed by atoms with Gasteiger partial charge in [-0.15, -0.1) is 0 Å². The average Bonchev–Trinajstić information content (AvgIpc) is 3.46. The van der Waals surface area contributed by atoms with Gasteiger partial charge in [0.2, 0.25) is 5.91 Å². The summed E-state index contributed by atoms with van der Waals surface area (Å²) in [6, 6.07) is -0.830. The highest BCUT2D eigenvalue weighted by Crippen LogP contribution is 2.23. The fourth-order valence-corrected chi connectivity index (χ4v) is 9.92. The third kappa shape index (κ3) is 47.4. The van der Waals surface area contributed by atoms with Crippen LogP contribution in [0.5, 0.6) is 0 Å². The quantitative estimate of drug-likeness (QED) is 0.0261. The van der Waals surface area contributed by atoms with Gasteiger partial charge in [0.25, 0.3) is 0 Å². The standard InChI is InChI=1S/C71H123NO8/c1-3-5-7-9-11-13-15-17-19-21-23-25-27-28-29-30-31-32-33-34-35-36-37-38-39-41-43-45-47-49-51-53-55-57-59-61-67(75)72-64(63-79-71-70(78)69(77)68(76)66(62-73)80-71)65(74)60-58-56-54-52-50-48-46-44-42-40-26-24-22-20-18-16-14-12-10-8-6-4-2/h5,7,11,13,17,19,23,25,28-29,31-32,34-35,50,52,58,60,64-66,68-71,73-74,76-78H,3-4,6,8-10,12,14-16,18,20-22,24,26-27,30,33,36-49,51,53-57,59,61-63H2,1-2H3,(H,72,75)/b7-5-,13-11-,19-17-,25-23-,29-28-,32-31-,35-34-,52-50+,60-58+. The van der Waals surface area contributed by atoms with Crippen molar-refractivity contribution in [1.82, 2.24) is 5.32 Å². The van der Waals surface area contributed by atoms with Gasteiger partial charge in [-0.2, -0.15) is 0 Å². The molecule has 0 spiro atoms. The number of ether oxygens (including phenoxy) is 2. The van der Waals surface area contributed by atoms with Crippen molar-refractivity contribution in [2.45, 2.75) is 320 Å². The van der Waals surface area contributed by atoms with Crippen LogP contribution in [-0.2, 0) is 14.3 Å². The molecule has 0 radical (unpaired) electrons. The number of nitrogens with one attached hydrogen (secondary N) is 1. The molecule has 80 heavy (non-hydrogen) atoms. The highest BCUT2D eigenvalue weighted by atomic mass is 16.7. The van der Waals surface area contributed by atoms with Gasteiger partial charge in [-0.3, -0.25) is 4.79 Å². The first-order chi connectivity index (χ1) is 39.3. The number of hydrogen-bond acceptors (Lipinski definition) is 8. The molecule has 0 aromatic heterocycles. The predicted molar refractivity (Wildman–Crippen MR) is 341 cm³/mol. The molecule has 460 valence electrons. The Kier molecular flexibility index (Phi) is 55.2. The van der Waals surface area contributed by atoms with Crippen LogP contribution >= 0.6 is 0 Å². The minimum atomic E-state index is -1.58. The molecule has 0 saturated carbocycles. The number of aliphatic hydroxyl groups excluding tert-OH is 5. The van der Waals surface area contributed by atoms with Gasteiger partial charge in [0.05, 0.1) is 25.4 Å². The minimum Gasteiger partial charge on any atom is -0.394 e. The third-order valence-electron chi connectivity index (χ3n) is 15.1. The maximum atomic E-state index is 13.1. The number of amides is 1. The molecule has 9 nitrogen and oxygen atoms in total.